The lowest BCUT2D eigenvalue weighted by atomic mass is 9.96. The third-order valence-electron chi connectivity index (χ3n) is 5.42. The standard InChI is InChI=1S/C18H27F3N4O2/c1-11(2)13-9-16(23-17(22-13)18(19,20)21)25-8-5-14(15(27)10-25)24-6-3-12(26)4-7-24/h9,11-12,14-15,26-27H,3-8,10H2,1-2H3/t14-,15-/m1/s1. The number of anilines is 1. The van der Waals surface area contributed by atoms with Gasteiger partial charge in [0.15, 0.2) is 0 Å². The van der Waals surface area contributed by atoms with E-state index in [-0.39, 0.29) is 30.4 Å². The van der Waals surface area contributed by atoms with Crippen LogP contribution in [0, 0.1) is 0 Å². The molecule has 3 rings (SSSR count). The average molecular weight is 388 g/mol. The zero-order chi connectivity index (χ0) is 19.8. The number of piperidine rings is 2. The fraction of sp³-hybridized carbons (Fsp3) is 0.778. The van der Waals surface area contributed by atoms with Gasteiger partial charge in [-0.2, -0.15) is 13.2 Å². The first kappa shape index (κ1) is 20.3. The lowest BCUT2D eigenvalue weighted by Crippen LogP contribution is -2.56. The van der Waals surface area contributed by atoms with E-state index in [0.717, 1.165) is 13.1 Å². The molecule has 0 radical (unpaired) electrons. The Bertz CT molecular complexity index is 648. The largest absolute Gasteiger partial charge is 0.451 e. The molecule has 1 aromatic heterocycles. The summed E-state index contributed by atoms with van der Waals surface area (Å²) in [4.78, 5) is 11.3. The SMILES string of the molecule is CC(C)c1cc(N2CC[C@@H](N3CCC(O)CC3)[C@H](O)C2)nc(C(F)(F)F)n1. The summed E-state index contributed by atoms with van der Waals surface area (Å²) in [5, 5.41) is 20.3. The summed E-state index contributed by atoms with van der Waals surface area (Å²) in [5.74, 6) is -1.08. The van der Waals surface area contributed by atoms with Crippen molar-refractivity contribution in [2.45, 2.75) is 63.5 Å². The lowest BCUT2D eigenvalue weighted by Gasteiger charge is -2.44. The Hall–Kier alpha value is -1.45. The maximum atomic E-state index is 13.2. The molecule has 0 aliphatic carbocycles. The zero-order valence-electron chi connectivity index (χ0n) is 15.7. The maximum absolute atomic E-state index is 13.2. The van der Waals surface area contributed by atoms with Gasteiger partial charge in [-0.05, 0) is 25.2 Å². The van der Waals surface area contributed by atoms with Crippen molar-refractivity contribution in [2.75, 3.05) is 31.1 Å². The normalized spacial score (nSPS) is 26.0. The van der Waals surface area contributed by atoms with Gasteiger partial charge in [-0.25, -0.2) is 9.97 Å². The Labute approximate surface area is 157 Å². The van der Waals surface area contributed by atoms with Gasteiger partial charge in [-0.1, -0.05) is 13.8 Å². The van der Waals surface area contributed by atoms with Gasteiger partial charge in [-0.3, -0.25) is 4.90 Å². The number of halogens is 3. The van der Waals surface area contributed by atoms with Crippen molar-refractivity contribution in [3.8, 4) is 0 Å². The first-order chi connectivity index (χ1) is 12.6. The highest BCUT2D eigenvalue weighted by atomic mass is 19.4. The first-order valence-corrected chi connectivity index (χ1v) is 9.46. The second-order valence-corrected chi connectivity index (χ2v) is 7.76. The zero-order valence-corrected chi connectivity index (χ0v) is 15.7. The van der Waals surface area contributed by atoms with Gasteiger partial charge in [0.2, 0.25) is 5.82 Å². The summed E-state index contributed by atoms with van der Waals surface area (Å²) < 4.78 is 39.5. The maximum Gasteiger partial charge on any atom is 0.451 e. The van der Waals surface area contributed by atoms with Crippen LogP contribution < -0.4 is 4.90 Å². The van der Waals surface area contributed by atoms with Crippen LogP contribution in [-0.4, -0.2) is 69.5 Å². The van der Waals surface area contributed by atoms with Crippen molar-refractivity contribution < 1.29 is 23.4 Å². The Morgan fingerprint density at radius 1 is 1.07 bits per heavy atom. The van der Waals surface area contributed by atoms with Crippen LogP contribution in [0.1, 0.15) is 50.5 Å². The molecule has 2 fully saturated rings. The Morgan fingerprint density at radius 2 is 1.74 bits per heavy atom. The number of nitrogens with zero attached hydrogens (tertiary/aromatic N) is 4. The molecule has 0 aromatic carbocycles. The van der Waals surface area contributed by atoms with E-state index in [1.165, 1.54) is 0 Å². The molecule has 0 saturated carbocycles. The minimum Gasteiger partial charge on any atom is -0.393 e. The monoisotopic (exact) mass is 388 g/mol. The number of aliphatic hydroxyl groups excluding tert-OH is 2. The quantitative estimate of drug-likeness (QED) is 0.826. The fourth-order valence-electron chi connectivity index (χ4n) is 3.81. The summed E-state index contributed by atoms with van der Waals surface area (Å²) in [6.45, 7) is 5.79. The molecule has 152 valence electrons. The summed E-state index contributed by atoms with van der Waals surface area (Å²) in [6, 6.07) is 1.55. The van der Waals surface area contributed by atoms with Gasteiger partial charge in [0.05, 0.1) is 12.2 Å². The topological polar surface area (TPSA) is 72.7 Å². The van der Waals surface area contributed by atoms with E-state index in [2.05, 4.69) is 14.9 Å². The van der Waals surface area contributed by atoms with E-state index in [1.807, 2.05) is 0 Å². The smallest absolute Gasteiger partial charge is 0.393 e. The number of rotatable bonds is 3. The highest BCUT2D eigenvalue weighted by Crippen LogP contribution is 2.31. The molecule has 27 heavy (non-hydrogen) atoms. The number of β-amino-alcohol motifs (C(OH)–C–C–N with tert-alkyl or cyclic N) is 1. The molecular weight excluding hydrogens is 361 g/mol. The molecule has 0 amide bonds. The van der Waals surface area contributed by atoms with Crippen LogP contribution in [0.4, 0.5) is 19.0 Å². The second kappa shape index (κ2) is 7.89. The van der Waals surface area contributed by atoms with Crippen LogP contribution in [0.15, 0.2) is 6.07 Å². The number of aromatic nitrogens is 2. The van der Waals surface area contributed by atoms with Gasteiger partial charge in [-0.15, -0.1) is 0 Å². The van der Waals surface area contributed by atoms with Gasteiger partial charge < -0.3 is 15.1 Å². The third kappa shape index (κ3) is 4.70. The summed E-state index contributed by atoms with van der Waals surface area (Å²) in [5.41, 5.74) is 0.342. The van der Waals surface area contributed by atoms with Crippen molar-refractivity contribution in [1.29, 1.82) is 0 Å². The fourth-order valence-corrected chi connectivity index (χ4v) is 3.81. The molecule has 0 unspecified atom stereocenters. The van der Waals surface area contributed by atoms with E-state index >= 15 is 0 Å². The summed E-state index contributed by atoms with van der Waals surface area (Å²) in [6.07, 6.45) is -3.56. The molecule has 0 spiro atoms. The van der Waals surface area contributed by atoms with Crippen molar-refractivity contribution >= 4 is 5.82 Å². The third-order valence-corrected chi connectivity index (χ3v) is 5.42. The minimum absolute atomic E-state index is 0.0396. The second-order valence-electron chi connectivity index (χ2n) is 7.76. The van der Waals surface area contributed by atoms with Gasteiger partial charge in [0, 0.05) is 44.0 Å². The van der Waals surface area contributed by atoms with Crippen molar-refractivity contribution in [1.82, 2.24) is 14.9 Å². The Balaban J connectivity index is 1.75. The predicted molar refractivity (Wildman–Crippen MR) is 94.6 cm³/mol. The molecule has 1 aromatic rings. The molecule has 2 atom stereocenters. The highest BCUT2D eigenvalue weighted by molar-refractivity contribution is 5.42. The van der Waals surface area contributed by atoms with Crippen molar-refractivity contribution in [3.05, 3.63) is 17.6 Å². The molecule has 2 aliphatic heterocycles. The number of likely N-dealkylation sites (tertiary alicyclic amines) is 1. The van der Waals surface area contributed by atoms with Gasteiger partial charge in [0.25, 0.3) is 0 Å². The van der Waals surface area contributed by atoms with Crippen molar-refractivity contribution in [3.63, 3.8) is 0 Å². The summed E-state index contributed by atoms with van der Waals surface area (Å²) in [7, 11) is 0. The van der Waals surface area contributed by atoms with Crippen LogP contribution in [0.25, 0.3) is 0 Å². The molecule has 6 nitrogen and oxygen atoms in total. The van der Waals surface area contributed by atoms with Crippen LogP contribution in [-0.2, 0) is 6.18 Å². The molecule has 3 heterocycles. The number of aliphatic hydroxyl groups is 2. The van der Waals surface area contributed by atoms with Crippen LogP contribution in [0.2, 0.25) is 0 Å². The van der Waals surface area contributed by atoms with E-state index in [4.69, 9.17) is 0 Å². The highest BCUT2D eigenvalue weighted by Gasteiger charge is 2.38. The number of alkyl halides is 3. The number of hydrogen-bond acceptors (Lipinski definition) is 6. The molecule has 2 N–H and O–H groups in total. The predicted octanol–water partition coefficient (Wildman–Crippen LogP) is 2.02. The van der Waals surface area contributed by atoms with E-state index in [0.29, 0.717) is 31.5 Å². The first-order valence-electron chi connectivity index (χ1n) is 9.46. The molecule has 9 heteroatoms. The Kier molecular flexibility index (Phi) is 5.93. The minimum atomic E-state index is -4.61. The number of hydrogen-bond donors (Lipinski definition) is 2. The van der Waals surface area contributed by atoms with Crippen molar-refractivity contribution in [2.24, 2.45) is 0 Å². The van der Waals surface area contributed by atoms with E-state index in [1.54, 1.807) is 24.8 Å². The van der Waals surface area contributed by atoms with E-state index < -0.39 is 18.1 Å². The van der Waals surface area contributed by atoms with Gasteiger partial charge >= 0.3 is 6.18 Å². The Morgan fingerprint density at radius 3 is 2.30 bits per heavy atom. The van der Waals surface area contributed by atoms with Gasteiger partial charge in [0.1, 0.15) is 5.82 Å². The average Bonchev–Trinajstić information content (AvgIpc) is 2.61. The molecular formula is C18H27F3N4O2. The van der Waals surface area contributed by atoms with Crippen LogP contribution >= 0.6 is 0 Å². The van der Waals surface area contributed by atoms with Crippen LogP contribution in [0.5, 0.6) is 0 Å². The molecule has 0 bridgehead atoms. The lowest BCUT2D eigenvalue weighted by molar-refractivity contribution is -0.145. The van der Waals surface area contributed by atoms with Crippen LogP contribution in [0.3, 0.4) is 0 Å². The summed E-state index contributed by atoms with van der Waals surface area (Å²) >= 11 is 0. The van der Waals surface area contributed by atoms with E-state index in [9.17, 15) is 23.4 Å². The molecule has 2 aliphatic rings. The molecule has 2 saturated heterocycles.